The van der Waals surface area contributed by atoms with Gasteiger partial charge in [-0.25, -0.2) is 0 Å². The lowest BCUT2D eigenvalue weighted by atomic mass is 9.96. The van der Waals surface area contributed by atoms with Crippen molar-refractivity contribution in [3.8, 4) is 6.07 Å². The van der Waals surface area contributed by atoms with Gasteiger partial charge in [-0.3, -0.25) is 15.0 Å². The van der Waals surface area contributed by atoms with Gasteiger partial charge in [0.05, 0.1) is 18.2 Å². The highest BCUT2D eigenvalue weighted by molar-refractivity contribution is 5.80. The second-order valence-corrected chi connectivity index (χ2v) is 7.81. The number of hydrogen-bond acceptors (Lipinski definition) is 5. The lowest BCUT2D eigenvalue weighted by Gasteiger charge is -2.32. The number of aldehydes is 1. The van der Waals surface area contributed by atoms with E-state index in [0.717, 1.165) is 45.2 Å². The van der Waals surface area contributed by atoms with Crippen LogP contribution in [0.3, 0.4) is 0 Å². The first-order valence-corrected chi connectivity index (χ1v) is 9.74. The second kappa shape index (κ2) is 8.64. The molecule has 0 aliphatic carbocycles. The average molecular weight is 368 g/mol. The molecule has 6 nitrogen and oxygen atoms in total. The average Bonchev–Trinajstić information content (AvgIpc) is 3.19. The fraction of sp³-hybridized carbons (Fsp3) is 0.571. The van der Waals surface area contributed by atoms with Crippen molar-refractivity contribution in [1.82, 2.24) is 15.1 Å². The first-order chi connectivity index (χ1) is 13.0. The molecular weight excluding hydrogens is 340 g/mol. The van der Waals surface area contributed by atoms with E-state index in [-0.39, 0.29) is 18.5 Å². The SMILES string of the molecule is CC(C=O)(CCN1CCc2ccccc2C1)NCC(=O)N1CCCC1C#N. The maximum atomic E-state index is 12.4. The van der Waals surface area contributed by atoms with Crippen molar-refractivity contribution >= 4 is 12.2 Å². The third-order valence-electron chi connectivity index (χ3n) is 5.78. The number of rotatable bonds is 7. The highest BCUT2D eigenvalue weighted by Gasteiger charge is 2.31. The molecule has 144 valence electrons. The Kier molecular flexibility index (Phi) is 6.25. The number of fused-ring (bicyclic) bond motifs is 1. The Hall–Kier alpha value is -2.23. The summed E-state index contributed by atoms with van der Waals surface area (Å²) >= 11 is 0. The Morgan fingerprint density at radius 2 is 2.15 bits per heavy atom. The minimum atomic E-state index is -0.742. The first-order valence-electron chi connectivity index (χ1n) is 9.74. The normalized spacial score (nSPS) is 21.9. The van der Waals surface area contributed by atoms with Gasteiger partial charge in [-0.15, -0.1) is 0 Å². The predicted molar refractivity (Wildman–Crippen MR) is 103 cm³/mol. The van der Waals surface area contributed by atoms with Crippen LogP contribution in [0.15, 0.2) is 24.3 Å². The minimum Gasteiger partial charge on any atom is -0.326 e. The molecule has 0 saturated carbocycles. The third-order valence-corrected chi connectivity index (χ3v) is 5.78. The number of amides is 1. The van der Waals surface area contributed by atoms with Crippen LogP contribution in [-0.2, 0) is 22.6 Å². The molecule has 3 rings (SSSR count). The summed E-state index contributed by atoms with van der Waals surface area (Å²) in [5.74, 6) is -0.0981. The van der Waals surface area contributed by atoms with E-state index in [1.165, 1.54) is 11.1 Å². The van der Waals surface area contributed by atoms with Gasteiger partial charge < -0.3 is 9.69 Å². The molecule has 1 fully saturated rings. The molecule has 0 bridgehead atoms. The number of nitrogens with zero attached hydrogens (tertiary/aromatic N) is 3. The van der Waals surface area contributed by atoms with Crippen LogP contribution < -0.4 is 5.32 Å². The molecule has 1 amide bonds. The maximum Gasteiger partial charge on any atom is 0.237 e. The molecule has 2 aliphatic heterocycles. The van der Waals surface area contributed by atoms with E-state index in [1.54, 1.807) is 4.90 Å². The van der Waals surface area contributed by atoms with Crippen molar-refractivity contribution in [1.29, 1.82) is 5.26 Å². The number of hydrogen-bond donors (Lipinski definition) is 1. The summed E-state index contributed by atoms with van der Waals surface area (Å²) in [5, 5.41) is 12.3. The molecule has 0 radical (unpaired) electrons. The topological polar surface area (TPSA) is 76.4 Å². The predicted octanol–water partition coefficient (Wildman–Crippen LogP) is 1.50. The Labute approximate surface area is 161 Å². The Bertz CT molecular complexity index is 729. The monoisotopic (exact) mass is 368 g/mol. The number of carbonyl (C=O) groups is 2. The number of benzene rings is 1. The van der Waals surface area contributed by atoms with Crippen LogP contribution in [0.2, 0.25) is 0 Å². The van der Waals surface area contributed by atoms with Crippen LogP contribution in [0.25, 0.3) is 0 Å². The molecule has 2 atom stereocenters. The van der Waals surface area contributed by atoms with Crippen molar-refractivity contribution in [3.05, 3.63) is 35.4 Å². The molecule has 0 aromatic heterocycles. The molecule has 2 aliphatic rings. The van der Waals surface area contributed by atoms with Crippen LogP contribution in [-0.4, -0.2) is 59.8 Å². The molecule has 1 aromatic carbocycles. The van der Waals surface area contributed by atoms with Crippen molar-refractivity contribution in [2.24, 2.45) is 0 Å². The maximum absolute atomic E-state index is 12.4. The van der Waals surface area contributed by atoms with E-state index >= 15 is 0 Å². The number of carbonyl (C=O) groups excluding carboxylic acids is 2. The van der Waals surface area contributed by atoms with Crippen molar-refractivity contribution < 1.29 is 9.59 Å². The highest BCUT2D eigenvalue weighted by Crippen LogP contribution is 2.20. The zero-order chi connectivity index (χ0) is 19.3. The van der Waals surface area contributed by atoms with Gasteiger partial charge in [-0.05, 0) is 43.7 Å². The van der Waals surface area contributed by atoms with Crippen molar-refractivity contribution in [3.63, 3.8) is 0 Å². The van der Waals surface area contributed by atoms with Gasteiger partial charge in [-0.1, -0.05) is 24.3 Å². The van der Waals surface area contributed by atoms with Crippen LogP contribution in [0.5, 0.6) is 0 Å². The van der Waals surface area contributed by atoms with E-state index < -0.39 is 5.54 Å². The van der Waals surface area contributed by atoms with Crippen LogP contribution in [0, 0.1) is 11.3 Å². The molecule has 1 saturated heterocycles. The number of likely N-dealkylation sites (tertiary alicyclic amines) is 1. The minimum absolute atomic E-state index is 0.0935. The Balaban J connectivity index is 1.50. The molecule has 6 heteroatoms. The summed E-state index contributed by atoms with van der Waals surface area (Å²) in [6.07, 6.45) is 4.19. The summed E-state index contributed by atoms with van der Waals surface area (Å²) < 4.78 is 0. The zero-order valence-corrected chi connectivity index (χ0v) is 16.0. The molecule has 27 heavy (non-hydrogen) atoms. The quantitative estimate of drug-likeness (QED) is 0.738. The van der Waals surface area contributed by atoms with Gasteiger partial charge in [-0.2, -0.15) is 5.26 Å². The Morgan fingerprint density at radius 1 is 1.37 bits per heavy atom. The summed E-state index contributed by atoms with van der Waals surface area (Å²) in [4.78, 5) is 28.1. The van der Waals surface area contributed by atoms with E-state index in [1.807, 2.05) is 6.92 Å². The molecule has 0 spiro atoms. The van der Waals surface area contributed by atoms with E-state index in [9.17, 15) is 9.59 Å². The molecule has 2 heterocycles. The Morgan fingerprint density at radius 3 is 2.89 bits per heavy atom. The van der Waals surface area contributed by atoms with Crippen molar-refractivity contribution in [2.45, 2.75) is 50.7 Å². The van der Waals surface area contributed by atoms with Gasteiger partial charge in [0.25, 0.3) is 0 Å². The molecule has 1 N–H and O–H groups in total. The lowest BCUT2D eigenvalue weighted by Crippen LogP contribution is -2.51. The number of nitriles is 1. The standard InChI is InChI=1S/C21H28N4O2/c1-21(16-26,23-14-20(27)25-10-4-7-19(25)13-22)9-12-24-11-8-17-5-2-3-6-18(17)15-24/h2-3,5-6,16,19,23H,4,7-12,14-15H2,1H3. The lowest BCUT2D eigenvalue weighted by molar-refractivity contribution is -0.130. The highest BCUT2D eigenvalue weighted by atomic mass is 16.2. The molecule has 2 unspecified atom stereocenters. The van der Waals surface area contributed by atoms with Crippen LogP contribution in [0.1, 0.15) is 37.3 Å². The third kappa shape index (κ3) is 4.74. The van der Waals surface area contributed by atoms with Gasteiger partial charge in [0.1, 0.15) is 12.3 Å². The van der Waals surface area contributed by atoms with E-state index in [0.29, 0.717) is 13.0 Å². The van der Waals surface area contributed by atoms with Crippen LogP contribution >= 0.6 is 0 Å². The van der Waals surface area contributed by atoms with Crippen molar-refractivity contribution in [2.75, 3.05) is 26.2 Å². The smallest absolute Gasteiger partial charge is 0.237 e. The molecule has 1 aromatic rings. The summed E-state index contributed by atoms with van der Waals surface area (Å²) in [6.45, 7) is 5.26. The largest absolute Gasteiger partial charge is 0.326 e. The van der Waals surface area contributed by atoms with Gasteiger partial charge in [0, 0.05) is 26.2 Å². The molecular formula is C21H28N4O2. The summed E-state index contributed by atoms with van der Waals surface area (Å²) in [5.41, 5.74) is 2.03. The number of nitrogens with one attached hydrogen (secondary N) is 1. The fourth-order valence-electron chi connectivity index (χ4n) is 3.90. The van der Waals surface area contributed by atoms with Gasteiger partial charge in [0.15, 0.2) is 0 Å². The van der Waals surface area contributed by atoms with E-state index in [2.05, 4.69) is 40.6 Å². The summed E-state index contributed by atoms with van der Waals surface area (Å²) in [6, 6.07) is 10.4. The summed E-state index contributed by atoms with van der Waals surface area (Å²) in [7, 11) is 0. The van der Waals surface area contributed by atoms with E-state index in [4.69, 9.17) is 5.26 Å². The zero-order valence-electron chi connectivity index (χ0n) is 16.0. The van der Waals surface area contributed by atoms with Gasteiger partial charge in [0.2, 0.25) is 5.91 Å². The second-order valence-electron chi connectivity index (χ2n) is 7.81. The fourth-order valence-corrected chi connectivity index (χ4v) is 3.90. The van der Waals surface area contributed by atoms with Gasteiger partial charge >= 0.3 is 0 Å². The van der Waals surface area contributed by atoms with Crippen LogP contribution in [0.4, 0.5) is 0 Å². The first kappa shape index (κ1) is 19.5.